The Bertz CT molecular complexity index is 1580. The smallest absolute Gasteiger partial charge is 0.337 e. The van der Waals surface area contributed by atoms with Gasteiger partial charge in [-0.3, -0.25) is 9.36 Å². The molecule has 0 aliphatic rings. The molecule has 5 rings (SSSR count). The second-order valence-corrected chi connectivity index (χ2v) is 9.01. The van der Waals surface area contributed by atoms with Gasteiger partial charge in [0.05, 0.1) is 18.6 Å². The van der Waals surface area contributed by atoms with Crippen molar-refractivity contribution >= 4 is 11.2 Å². The van der Waals surface area contributed by atoms with Gasteiger partial charge in [-0.05, 0) is 41.3 Å². The third-order valence-electron chi connectivity index (χ3n) is 6.24. The van der Waals surface area contributed by atoms with Gasteiger partial charge < -0.3 is 9.30 Å². The monoisotopic (exact) mass is 480 g/mol. The largest absolute Gasteiger partial charge is 0.492 e. The maximum absolute atomic E-state index is 13.7. The summed E-state index contributed by atoms with van der Waals surface area (Å²) in [6, 6.07) is 27.0. The molecule has 182 valence electrons. The van der Waals surface area contributed by atoms with Crippen molar-refractivity contribution in [3.8, 4) is 11.4 Å². The van der Waals surface area contributed by atoms with Crippen LogP contribution >= 0.6 is 0 Å². The zero-order chi connectivity index (χ0) is 25.1. The van der Waals surface area contributed by atoms with Gasteiger partial charge in [0.1, 0.15) is 12.4 Å². The van der Waals surface area contributed by atoms with Gasteiger partial charge >= 0.3 is 5.69 Å². The Hall–Kier alpha value is -4.39. The lowest BCUT2D eigenvalue weighted by Crippen LogP contribution is -2.41. The SMILES string of the molecule is CC(C)c1ccc(-n2c(=O)n(CCOc3ccccc3)c(=O)c3c2ncn3Cc2ccccc2)cc1. The van der Waals surface area contributed by atoms with E-state index in [1.165, 1.54) is 14.7 Å². The minimum Gasteiger partial charge on any atom is -0.492 e. The van der Waals surface area contributed by atoms with Gasteiger partial charge in [-0.1, -0.05) is 74.5 Å². The summed E-state index contributed by atoms with van der Waals surface area (Å²) in [4.78, 5) is 31.8. The predicted octanol–water partition coefficient (Wildman–Crippen LogP) is 4.60. The molecule has 7 heteroatoms. The summed E-state index contributed by atoms with van der Waals surface area (Å²) in [5, 5.41) is 0. The van der Waals surface area contributed by atoms with Crippen molar-refractivity contribution in [2.24, 2.45) is 0 Å². The van der Waals surface area contributed by atoms with E-state index < -0.39 is 5.69 Å². The molecule has 0 radical (unpaired) electrons. The first-order chi connectivity index (χ1) is 17.5. The molecule has 0 spiro atoms. The quantitative estimate of drug-likeness (QED) is 0.325. The summed E-state index contributed by atoms with van der Waals surface area (Å²) in [5.41, 5.74) is 2.78. The highest BCUT2D eigenvalue weighted by molar-refractivity contribution is 5.72. The molecule has 0 saturated carbocycles. The lowest BCUT2D eigenvalue weighted by atomic mass is 10.0. The van der Waals surface area contributed by atoms with E-state index in [2.05, 4.69) is 18.8 Å². The summed E-state index contributed by atoms with van der Waals surface area (Å²) in [6.45, 7) is 5.01. The lowest BCUT2D eigenvalue weighted by Gasteiger charge is -2.14. The van der Waals surface area contributed by atoms with Crippen LogP contribution < -0.4 is 16.0 Å². The van der Waals surface area contributed by atoms with Crippen LogP contribution in [0.5, 0.6) is 5.75 Å². The van der Waals surface area contributed by atoms with Gasteiger partial charge in [0.15, 0.2) is 11.2 Å². The first-order valence-corrected chi connectivity index (χ1v) is 12.1. The van der Waals surface area contributed by atoms with E-state index in [0.717, 1.165) is 5.56 Å². The summed E-state index contributed by atoms with van der Waals surface area (Å²) < 4.78 is 10.4. The van der Waals surface area contributed by atoms with Gasteiger partial charge in [0.2, 0.25) is 0 Å². The number of para-hydroxylation sites is 1. The zero-order valence-corrected chi connectivity index (χ0v) is 20.4. The number of aromatic nitrogens is 4. The van der Waals surface area contributed by atoms with Crippen LogP contribution in [0.25, 0.3) is 16.9 Å². The van der Waals surface area contributed by atoms with Crippen molar-refractivity contribution in [2.75, 3.05) is 6.61 Å². The van der Waals surface area contributed by atoms with E-state index >= 15 is 0 Å². The number of nitrogens with zero attached hydrogens (tertiary/aromatic N) is 4. The molecular formula is C29H28N4O3. The average molecular weight is 481 g/mol. The molecule has 5 aromatic rings. The molecule has 36 heavy (non-hydrogen) atoms. The molecule has 0 saturated heterocycles. The molecule has 0 aliphatic heterocycles. The third-order valence-corrected chi connectivity index (χ3v) is 6.24. The van der Waals surface area contributed by atoms with Crippen molar-refractivity contribution in [1.82, 2.24) is 18.7 Å². The minimum absolute atomic E-state index is 0.114. The maximum atomic E-state index is 13.7. The van der Waals surface area contributed by atoms with Gasteiger partial charge in [-0.25, -0.2) is 14.3 Å². The standard InChI is InChI=1S/C29H28N4O3/c1-21(2)23-13-15-24(16-14-23)33-27-26(31(20-30-27)19-22-9-5-3-6-10-22)28(34)32(29(33)35)17-18-36-25-11-7-4-8-12-25/h3-16,20-21H,17-19H2,1-2H3. The molecule has 7 nitrogen and oxygen atoms in total. The minimum atomic E-state index is -0.439. The zero-order valence-electron chi connectivity index (χ0n) is 20.4. The van der Waals surface area contributed by atoms with Crippen molar-refractivity contribution in [3.63, 3.8) is 0 Å². The topological polar surface area (TPSA) is 71.1 Å². The average Bonchev–Trinajstić information content (AvgIpc) is 3.31. The fourth-order valence-electron chi connectivity index (χ4n) is 4.29. The molecular weight excluding hydrogens is 452 g/mol. The van der Waals surface area contributed by atoms with Crippen LogP contribution in [0.1, 0.15) is 30.9 Å². The highest BCUT2D eigenvalue weighted by Crippen LogP contribution is 2.19. The highest BCUT2D eigenvalue weighted by Gasteiger charge is 2.19. The Morgan fingerprint density at radius 1 is 0.861 bits per heavy atom. The van der Waals surface area contributed by atoms with E-state index in [0.29, 0.717) is 35.1 Å². The number of ether oxygens (including phenoxy) is 1. The second-order valence-electron chi connectivity index (χ2n) is 9.01. The number of hydrogen-bond acceptors (Lipinski definition) is 4. The summed E-state index contributed by atoms with van der Waals surface area (Å²) in [5.74, 6) is 1.05. The Kier molecular flexibility index (Phi) is 6.54. The molecule has 0 fully saturated rings. The third kappa shape index (κ3) is 4.60. The Morgan fingerprint density at radius 3 is 2.19 bits per heavy atom. The van der Waals surface area contributed by atoms with E-state index in [9.17, 15) is 9.59 Å². The highest BCUT2D eigenvalue weighted by atomic mass is 16.5. The van der Waals surface area contributed by atoms with E-state index in [-0.39, 0.29) is 18.7 Å². The van der Waals surface area contributed by atoms with E-state index in [1.807, 2.05) is 84.9 Å². The Labute approximate surface area is 208 Å². The second kappa shape index (κ2) is 10.1. The maximum Gasteiger partial charge on any atom is 0.337 e. The van der Waals surface area contributed by atoms with Crippen LogP contribution in [0.15, 0.2) is 101 Å². The molecule has 0 bridgehead atoms. The van der Waals surface area contributed by atoms with Gasteiger partial charge in [-0.15, -0.1) is 0 Å². The normalized spacial score (nSPS) is 11.3. The molecule has 0 aliphatic carbocycles. The van der Waals surface area contributed by atoms with Gasteiger partial charge in [-0.2, -0.15) is 0 Å². The van der Waals surface area contributed by atoms with Crippen LogP contribution in [-0.4, -0.2) is 25.3 Å². The molecule has 0 amide bonds. The molecule has 0 N–H and O–H groups in total. The number of benzene rings is 3. The molecule has 3 aromatic carbocycles. The van der Waals surface area contributed by atoms with Crippen LogP contribution in [0, 0.1) is 0 Å². The van der Waals surface area contributed by atoms with E-state index in [4.69, 9.17) is 4.74 Å². The van der Waals surface area contributed by atoms with Crippen molar-refractivity contribution in [1.29, 1.82) is 0 Å². The van der Waals surface area contributed by atoms with Crippen molar-refractivity contribution in [3.05, 3.63) is 123 Å². The predicted molar refractivity (Wildman–Crippen MR) is 141 cm³/mol. The van der Waals surface area contributed by atoms with Crippen molar-refractivity contribution in [2.45, 2.75) is 32.9 Å². The first kappa shape index (κ1) is 23.4. The summed E-state index contributed by atoms with van der Waals surface area (Å²) in [7, 11) is 0. The lowest BCUT2D eigenvalue weighted by molar-refractivity contribution is 0.293. The fraction of sp³-hybridized carbons (Fsp3) is 0.207. The number of imidazole rings is 1. The molecule has 0 atom stereocenters. The number of hydrogen-bond donors (Lipinski definition) is 0. The molecule has 2 aromatic heterocycles. The fourth-order valence-corrected chi connectivity index (χ4v) is 4.29. The molecule has 2 heterocycles. The number of rotatable bonds is 8. The summed E-state index contributed by atoms with van der Waals surface area (Å²) >= 11 is 0. The first-order valence-electron chi connectivity index (χ1n) is 12.1. The number of fused-ring (bicyclic) bond motifs is 1. The van der Waals surface area contributed by atoms with Crippen LogP contribution in [0.2, 0.25) is 0 Å². The van der Waals surface area contributed by atoms with Gasteiger partial charge in [0.25, 0.3) is 5.56 Å². The van der Waals surface area contributed by atoms with Crippen molar-refractivity contribution < 1.29 is 4.74 Å². The van der Waals surface area contributed by atoms with Crippen LogP contribution in [0.3, 0.4) is 0 Å². The summed E-state index contributed by atoms with van der Waals surface area (Å²) in [6.07, 6.45) is 1.63. The van der Waals surface area contributed by atoms with Crippen LogP contribution in [-0.2, 0) is 13.1 Å². The van der Waals surface area contributed by atoms with E-state index in [1.54, 1.807) is 10.9 Å². The molecule has 0 unspecified atom stereocenters. The Balaban J connectivity index is 1.62. The Morgan fingerprint density at radius 2 is 1.53 bits per heavy atom. The van der Waals surface area contributed by atoms with Gasteiger partial charge in [0, 0.05) is 6.54 Å². The van der Waals surface area contributed by atoms with Crippen LogP contribution in [0.4, 0.5) is 0 Å².